The Bertz CT molecular complexity index is 645. The van der Waals surface area contributed by atoms with Gasteiger partial charge in [0.05, 0.1) is 0 Å². The average Bonchev–Trinajstić information content (AvgIpc) is 2.97. The van der Waals surface area contributed by atoms with E-state index in [1.807, 2.05) is 15.7 Å². The lowest BCUT2D eigenvalue weighted by atomic mass is 10.0. The van der Waals surface area contributed by atoms with Crippen molar-refractivity contribution in [3.63, 3.8) is 0 Å². The highest BCUT2D eigenvalue weighted by Gasteiger charge is 2.24. The van der Waals surface area contributed by atoms with Crippen LogP contribution in [0.3, 0.4) is 0 Å². The predicted molar refractivity (Wildman–Crippen MR) is 86.8 cm³/mol. The molecule has 22 heavy (non-hydrogen) atoms. The van der Waals surface area contributed by atoms with Crippen molar-refractivity contribution in [2.45, 2.75) is 33.2 Å². The summed E-state index contributed by atoms with van der Waals surface area (Å²) in [5.74, 6) is 1.19. The molecule has 1 atom stereocenters. The molecule has 1 aromatic carbocycles. The number of hydrogen-bond acceptors (Lipinski definition) is 2. The number of hydrogen-bond donors (Lipinski definition) is 0. The standard InChI is InChI=1S/C18H23N3O/c1-14-5-7-16(8-6-14)13-20-11-9-19-17(20)18(22)21-10-3-4-15(2)12-21/h5-9,11,15H,3-4,10,12-13H2,1-2H3. The number of imidazole rings is 1. The van der Waals surface area contributed by atoms with E-state index in [2.05, 4.69) is 43.1 Å². The SMILES string of the molecule is Cc1ccc(Cn2ccnc2C(=O)N2CCCC(C)C2)cc1. The van der Waals surface area contributed by atoms with Gasteiger partial charge in [0, 0.05) is 32.0 Å². The smallest absolute Gasteiger partial charge is 0.289 e. The molecule has 1 amide bonds. The molecular weight excluding hydrogens is 274 g/mol. The minimum absolute atomic E-state index is 0.0589. The maximum absolute atomic E-state index is 12.7. The van der Waals surface area contributed by atoms with Crippen molar-refractivity contribution in [1.82, 2.24) is 14.5 Å². The molecule has 1 aromatic heterocycles. The van der Waals surface area contributed by atoms with Gasteiger partial charge in [-0.05, 0) is 31.2 Å². The van der Waals surface area contributed by atoms with E-state index in [0.29, 0.717) is 18.3 Å². The van der Waals surface area contributed by atoms with Crippen molar-refractivity contribution >= 4 is 5.91 Å². The molecule has 4 heteroatoms. The van der Waals surface area contributed by atoms with Gasteiger partial charge in [0.2, 0.25) is 0 Å². The van der Waals surface area contributed by atoms with Crippen molar-refractivity contribution in [1.29, 1.82) is 0 Å². The van der Waals surface area contributed by atoms with Crippen LogP contribution in [0.25, 0.3) is 0 Å². The molecule has 2 heterocycles. The van der Waals surface area contributed by atoms with Crippen LogP contribution in [0.5, 0.6) is 0 Å². The van der Waals surface area contributed by atoms with Crippen molar-refractivity contribution in [3.05, 3.63) is 53.6 Å². The van der Waals surface area contributed by atoms with Gasteiger partial charge in [-0.25, -0.2) is 4.98 Å². The van der Waals surface area contributed by atoms with E-state index in [1.165, 1.54) is 17.5 Å². The molecule has 1 unspecified atom stereocenters. The first-order valence-corrected chi connectivity index (χ1v) is 7.99. The first-order chi connectivity index (χ1) is 10.6. The van der Waals surface area contributed by atoms with Gasteiger partial charge in [0.25, 0.3) is 5.91 Å². The molecule has 1 saturated heterocycles. The zero-order valence-electron chi connectivity index (χ0n) is 13.3. The molecule has 3 rings (SSSR count). The summed E-state index contributed by atoms with van der Waals surface area (Å²) < 4.78 is 1.95. The summed E-state index contributed by atoms with van der Waals surface area (Å²) in [6.45, 7) is 6.66. The molecule has 2 aromatic rings. The number of carbonyl (C=O) groups excluding carboxylic acids is 1. The summed E-state index contributed by atoms with van der Waals surface area (Å²) in [5.41, 5.74) is 2.43. The van der Waals surface area contributed by atoms with Gasteiger partial charge in [0.1, 0.15) is 0 Å². The summed E-state index contributed by atoms with van der Waals surface area (Å²) in [6.07, 6.45) is 5.91. The number of aryl methyl sites for hydroxylation is 1. The van der Waals surface area contributed by atoms with E-state index in [1.54, 1.807) is 6.20 Å². The van der Waals surface area contributed by atoms with Crippen molar-refractivity contribution in [3.8, 4) is 0 Å². The monoisotopic (exact) mass is 297 g/mol. The van der Waals surface area contributed by atoms with E-state index in [9.17, 15) is 4.79 Å². The van der Waals surface area contributed by atoms with Gasteiger partial charge >= 0.3 is 0 Å². The average molecular weight is 297 g/mol. The molecule has 1 aliphatic rings. The number of aromatic nitrogens is 2. The Morgan fingerprint density at radius 1 is 1.32 bits per heavy atom. The Morgan fingerprint density at radius 3 is 2.82 bits per heavy atom. The molecule has 0 N–H and O–H groups in total. The Hall–Kier alpha value is -2.10. The molecule has 1 aliphatic heterocycles. The largest absolute Gasteiger partial charge is 0.336 e. The first-order valence-electron chi connectivity index (χ1n) is 7.99. The lowest BCUT2D eigenvalue weighted by molar-refractivity contribution is 0.0666. The quantitative estimate of drug-likeness (QED) is 0.873. The second-order valence-corrected chi connectivity index (χ2v) is 6.36. The maximum atomic E-state index is 12.7. The lowest BCUT2D eigenvalue weighted by Crippen LogP contribution is -2.40. The summed E-state index contributed by atoms with van der Waals surface area (Å²) in [6, 6.07) is 8.40. The second kappa shape index (κ2) is 6.34. The predicted octanol–water partition coefficient (Wildman–Crippen LogP) is 3.11. The van der Waals surface area contributed by atoms with Crippen molar-refractivity contribution in [2.24, 2.45) is 5.92 Å². The number of nitrogens with zero attached hydrogens (tertiary/aromatic N) is 3. The molecule has 0 aliphatic carbocycles. The molecule has 116 valence electrons. The van der Waals surface area contributed by atoms with E-state index >= 15 is 0 Å². The Morgan fingerprint density at radius 2 is 2.09 bits per heavy atom. The zero-order valence-corrected chi connectivity index (χ0v) is 13.3. The van der Waals surface area contributed by atoms with Gasteiger partial charge in [-0.2, -0.15) is 0 Å². The van der Waals surface area contributed by atoms with Crippen LogP contribution in [-0.4, -0.2) is 33.4 Å². The molecular formula is C18H23N3O. The molecule has 0 saturated carbocycles. The van der Waals surface area contributed by atoms with Crippen LogP contribution in [0.4, 0.5) is 0 Å². The minimum atomic E-state index is 0.0589. The molecule has 0 radical (unpaired) electrons. The van der Waals surface area contributed by atoms with Gasteiger partial charge in [-0.1, -0.05) is 36.8 Å². The number of carbonyl (C=O) groups is 1. The zero-order chi connectivity index (χ0) is 15.5. The third kappa shape index (κ3) is 3.21. The Balaban J connectivity index is 1.76. The van der Waals surface area contributed by atoms with Crippen molar-refractivity contribution in [2.75, 3.05) is 13.1 Å². The third-order valence-electron chi connectivity index (χ3n) is 4.32. The summed E-state index contributed by atoms with van der Waals surface area (Å²) >= 11 is 0. The van der Waals surface area contributed by atoms with Crippen LogP contribution in [0.2, 0.25) is 0 Å². The lowest BCUT2D eigenvalue weighted by Gasteiger charge is -2.30. The minimum Gasteiger partial charge on any atom is -0.336 e. The van der Waals surface area contributed by atoms with E-state index < -0.39 is 0 Å². The molecule has 0 bridgehead atoms. The summed E-state index contributed by atoms with van der Waals surface area (Å²) in [5, 5.41) is 0. The van der Waals surface area contributed by atoms with Crippen LogP contribution in [0.15, 0.2) is 36.7 Å². The fourth-order valence-corrected chi connectivity index (χ4v) is 3.04. The van der Waals surface area contributed by atoms with Gasteiger partial charge in [0.15, 0.2) is 5.82 Å². The fraction of sp³-hybridized carbons (Fsp3) is 0.444. The van der Waals surface area contributed by atoms with Crippen LogP contribution in [-0.2, 0) is 6.54 Å². The van der Waals surface area contributed by atoms with Crippen LogP contribution in [0.1, 0.15) is 41.5 Å². The van der Waals surface area contributed by atoms with Crippen LogP contribution < -0.4 is 0 Å². The highest BCUT2D eigenvalue weighted by Crippen LogP contribution is 2.18. The fourth-order valence-electron chi connectivity index (χ4n) is 3.04. The highest BCUT2D eigenvalue weighted by molar-refractivity contribution is 5.91. The van der Waals surface area contributed by atoms with Crippen LogP contribution >= 0.6 is 0 Å². The Kier molecular flexibility index (Phi) is 4.27. The molecule has 4 nitrogen and oxygen atoms in total. The number of amides is 1. The molecule has 0 spiro atoms. The van der Waals surface area contributed by atoms with Gasteiger partial charge in [-0.3, -0.25) is 4.79 Å². The first kappa shape index (κ1) is 14.8. The number of rotatable bonds is 3. The normalized spacial score (nSPS) is 18.5. The second-order valence-electron chi connectivity index (χ2n) is 6.36. The third-order valence-corrected chi connectivity index (χ3v) is 4.32. The highest BCUT2D eigenvalue weighted by atomic mass is 16.2. The number of likely N-dealkylation sites (tertiary alicyclic amines) is 1. The van der Waals surface area contributed by atoms with E-state index in [-0.39, 0.29) is 5.91 Å². The summed E-state index contributed by atoms with van der Waals surface area (Å²) in [4.78, 5) is 19.0. The number of benzene rings is 1. The van der Waals surface area contributed by atoms with Crippen molar-refractivity contribution < 1.29 is 4.79 Å². The van der Waals surface area contributed by atoms with Crippen LogP contribution in [0, 0.1) is 12.8 Å². The molecule has 1 fully saturated rings. The topological polar surface area (TPSA) is 38.1 Å². The van der Waals surface area contributed by atoms with Gasteiger partial charge < -0.3 is 9.47 Å². The van der Waals surface area contributed by atoms with E-state index in [0.717, 1.165) is 19.5 Å². The summed E-state index contributed by atoms with van der Waals surface area (Å²) in [7, 11) is 0. The van der Waals surface area contributed by atoms with Gasteiger partial charge in [-0.15, -0.1) is 0 Å². The van der Waals surface area contributed by atoms with E-state index in [4.69, 9.17) is 0 Å². The Labute approximate surface area is 131 Å². The maximum Gasteiger partial charge on any atom is 0.289 e. The number of piperidine rings is 1.